The summed E-state index contributed by atoms with van der Waals surface area (Å²) >= 11 is 0. The van der Waals surface area contributed by atoms with E-state index in [2.05, 4.69) is 86.1 Å². The molecule has 26 heavy (non-hydrogen) atoms. The van der Waals surface area contributed by atoms with Crippen LogP contribution in [0.25, 0.3) is 12.2 Å². The molecule has 0 unspecified atom stereocenters. The first kappa shape index (κ1) is 19.4. The van der Waals surface area contributed by atoms with Gasteiger partial charge in [-0.15, -0.1) is 0 Å². The fourth-order valence-electron chi connectivity index (χ4n) is 2.33. The Balaban J connectivity index is 1.93. The zero-order valence-corrected chi connectivity index (χ0v) is 15.8. The zero-order chi connectivity index (χ0) is 18.5. The number of rotatable bonds is 6. The molecule has 2 rings (SSSR count). The van der Waals surface area contributed by atoms with Crippen LogP contribution in [-0.4, -0.2) is 0 Å². The quantitative estimate of drug-likeness (QED) is 0.513. The smallest absolute Gasteiger partial charge is 0.0255 e. The maximum atomic E-state index is 3.10. The molecule has 0 fully saturated rings. The highest BCUT2D eigenvalue weighted by Gasteiger charge is 1.89. The highest BCUT2D eigenvalue weighted by Crippen LogP contribution is 2.07. The fraction of sp³-hybridized carbons (Fsp3) is 0.231. The second kappa shape index (κ2) is 11.6. The van der Waals surface area contributed by atoms with Crippen LogP contribution in [0, 0.1) is 23.7 Å². The van der Waals surface area contributed by atoms with E-state index >= 15 is 0 Å². The molecule has 2 aromatic rings. The first-order chi connectivity index (χ1) is 12.8. The predicted octanol–water partition coefficient (Wildman–Crippen LogP) is 6.72. The summed E-state index contributed by atoms with van der Waals surface area (Å²) in [7, 11) is 0. The van der Waals surface area contributed by atoms with Crippen LogP contribution >= 0.6 is 0 Å². The minimum absolute atomic E-state index is 0.989. The third kappa shape index (κ3) is 7.29. The van der Waals surface area contributed by atoms with Crippen molar-refractivity contribution in [3.05, 3.63) is 82.9 Å². The van der Waals surface area contributed by atoms with Crippen molar-refractivity contribution in [2.24, 2.45) is 0 Å². The lowest BCUT2D eigenvalue weighted by Crippen LogP contribution is -1.76. The molecule has 0 bridgehead atoms. The Morgan fingerprint density at radius 1 is 0.615 bits per heavy atom. The van der Waals surface area contributed by atoms with Gasteiger partial charge in [0.1, 0.15) is 0 Å². The first-order valence-corrected chi connectivity index (χ1v) is 9.37. The van der Waals surface area contributed by atoms with Crippen LogP contribution in [0.15, 0.2) is 60.7 Å². The van der Waals surface area contributed by atoms with Crippen molar-refractivity contribution in [1.29, 1.82) is 0 Å². The zero-order valence-electron chi connectivity index (χ0n) is 15.8. The van der Waals surface area contributed by atoms with E-state index in [4.69, 9.17) is 0 Å². The summed E-state index contributed by atoms with van der Waals surface area (Å²) in [4.78, 5) is 0. The molecule has 130 valence electrons. The predicted molar refractivity (Wildman–Crippen MR) is 115 cm³/mol. The van der Waals surface area contributed by atoms with Crippen LogP contribution in [0.5, 0.6) is 0 Å². The van der Waals surface area contributed by atoms with Crippen LogP contribution in [0.1, 0.15) is 61.8 Å². The molecule has 0 nitrogen and oxygen atoms in total. The highest BCUT2D eigenvalue weighted by molar-refractivity contribution is 5.53. The van der Waals surface area contributed by atoms with Gasteiger partial charge in [-0.3, -0.25) is 0 Å². The standard InChI is InChI=1S/C26H26/c1-3-5-7-11-23-15-19-25(20-16-23)13-9-10-14-26-21-17-24(18-22-26)12-8-6-4-2/h7-8,11-12,15-22H,3-6H2,1-2H3. The van der Waals surface area contributed by atoms with E-state index in [0.717, 1.165) is 24.0 Å². The summed E-state index contributed by atoms with van der Waals surface area (Å²) in [5.74, 6) is 12.1. The number of benzene rings is 2. The molecule has 0 aliphatic heterocycles. The van der Waals surface area contributed by atoms with Gasteiger partial charge in [0.2, 0.25) is 0 Å². The molecule has 0 amide bonds. The number of unbranched alkanes of at least 4 members (excludes halogenated alkanes) is 2. The van der Waals surface area contributed by atoms with Crippen LogP contribution < -0.4 is 0 Å². The van der Waals surface area contributed by atoms with Gasteiger partial charge >= 0.3 is 0 Å². The average molecular weight is 338 g/mol. The minimum Gasteiger partial charge on any atom is -0.0840 e. The summed E-state index contributed by atoms with van der Waals surface area (Å²) < 4.78 is 0. The Hall–Kier alpha value is -2.96. The lowest BCUT2D eigenvalue weighted by atomic mass is 10.1. The van der Waals surface area contributed by atoms with E-state index in [1.54, 1.807) is 0 Å². The van der Waals surface area contributed by atoms with Crippen molar-refractivity contribution < 1.29 is 0 Å². The van der Waals surface area contributed by atoms with Crippen LogP contribution in [0.4, 0.5) is 0 Å². The third-order valence-electron chi connectivity index (χ3n) is 3.83. The van der Waals surface area contributed by atoms with Gasteiger partial charge in [0.25, 0.3) is 0 Å². The van der Waals surface area contributed by atoms with Gasteiger partial charge in [-0.05, 0) is 60.1 Å². The first-order valence-electron chi connectivity index (χ1n) is 9.37. The summed E-state index contributed by atoms with van der Waals surface area (Å²) in [6.45, 7) is 4.37. The highest BCUT2D eigenvalue weighted by atomic mass is 13.9. The van der Waals surface area contributed by atoms with Crippen LogP contribution in [0.3, 0.4) is 0 Å². The number of hydrogen-bond acceptors (Lipinski definition) is 0. The van der Waals surface area contributed by atoms with Gasteiger partial charge in [-0.1, -0.05) is 87.1 Å². The van der Waals surface area contributed by atoms with Gasteiger partial charge < -0.3 is 0 Å². The Labute approximate surface area is 158 Å². The van der Waals surface area contributed by atoms with Crippen molar-refractivity contribution in [1.82, 2.24) is 0 Å². The molecule has 0 saturated carbocycles. The third-order valence-corrected chi connectivity index (χ3v) is 3.83. The maximum Gasteiger partial charge on any atom is 0.0255 e. The van der Waals surface area contributed by atoms with Crippen LogP contribution in [-0.2, 0) is 0 Å². The molecule has 0 heterocycles. The molecule has 0 atom stereocenters. The molecule has 0 saturated heterocycles. The number of allylic oxidation sites excluding steroid dienone is 2. The van der Waals surface area contributed by atoms with Gasteiger partial charge in [0, 0.05) is 11.1 Å². The summed E-state index contributed by atoms with van der Waals surface area (Å²) in [6, 6.07) is 16.5. The maximum absolute atomic E-state index is 3.10. The summed E-state index contributed by atoms with van der Waals surface area (Å²) in [6.07, 6.45) is 13.3. The summed E-state index contributed by atoms with van der Waals surface area (Å²) in [5.41, 5.74) is 4.40. The molecule has 0 aliphatic rings. The largest absolute Gasteiger partial charge is 0.0840 e. The van der Waals surface area contributed by atoms with Crippen molar-refractivity contribution in [3.8, 4) is 23.7 Å². The topological polar surface area (TPSA) is 0 Å². The second-order valence-electron chi connectivity index (χ2n) is 6.13. The van der Waals surface area contributed by atoms with Crippen molar-refractivity contribution >= 4 is 12.2 Å². The summed E-state index contributed by atoms with van der Waals surface area (Å²) in [5, 5.41) is 0. The van der Waals surface area contributed by atoms with Gasteiger partial charge in [-0.25, -0.2) is 0 Å². The lowest BCUT2D eigenvalue weighted by molar-refractivity contribution is 0.962. The Morgan fingerprint density at radius 3 is 1.35 bits per heavy atom. The molecular formula is C26H26. The van der Waals surface area contributed by atoms with Crippen molar-refractivity contribution in [2.45, 2.75) is 39.5 Å². The van der Waals surface area contributed by atoms with Gasteiger partial charge in [-0.2, -0.15) is 0 Å². The average Bonchev–Trinajstić information content (AvgIpc) is 2.68. The van der Waals surface area contributed by atoms with E-state index in [1.165, 1.54) is 24.0 Å². The van der Waals surface area contributed by atoms with E-state index in [9.17, 15) is 0 Å². The molecule has 0 heteroatoms. The number of hydrogen-bond donors (Lipinski definition) is 0. The molecule has 0 aromatic heterocycles. The van der Waals surface area contributed by atoms with E-state index < -0.39 is 0 Å². The fourth-order valence-corrected chi connectivity index (χ4v) is 2.33. The van der Waals surface area contributed by atoms with Gasteiger partial charge in [0.05, 0.1) is 0 Å². The minimum atomic E-state index is 0.989. The van der Waals surface area contributed by atoms with E-state index in [0.29, 0.717) is 0 Å². The SMILES string of the molecule is CCCC=Cc1ccc(C#CC#Cc2ccc(C=CCCC)cc2)cc1. The second-order valence-corrected chi connectivity index (χ2v) is 6.13. The molecule has 0 radical (unpaired) electrons. The van der Waals surface area contributed by atoms with Gasteiger partial charge in [0.15, 0.2) is 0 Å². The molecule has 0 N–H and O–H groups in total. The Kier molecular flexibility index (Phi) is 8.62. The monoisotopic (exact) mass is 338 g/mol. The molecular weight excluding hydrogens is 312 g/mol. The van der Waals surface area contributed by atoms with E-state index in [1.807, 2.05) is 24.3 Å². The molecule has 0 aliphatic carbocycles. The lowest BCUT2D eigenvalue weighted by Gasteiger charge is -1.94. The Bertz CT molecular complexity index is 763. The van der Waals surface area contributed by atoms with E-state index in [-0.39, 0.29) is 0 Å². The van der Waals surface area contributed by atoms with Crippen molar-refractivity contribution in [3.63, 3.8) is 0 Å². The normalized spacial score (nSPS) is 10.4. The van der Waals surface area contributed by atoms with Crippen LogP contribution in [0.2, 0.25) is 0 Å². The molecule has 0 spiro atoms. The molecule has 2 aromatic carbocycles. The Morgan fingerprint density at radius 2 is 1.00 bits per heavy atom. The van der Waals surface area contributed by atoms with Crippen molar-refractivity contribution in [2.75, 3.05) is 0 Å².